The van der Waals surface area contributed by atoms with E-state index in [1.807, 2.05) is 0 Å². The largest absolute Gasteiger partial charge is 0.459 e. The monoisotopic (exact) mass is 268 g/mol. The predicted octanol–water partition coefficient (Wildman–Crippen LogP) is 4.96. The van der Waals surface area contributed by atoms with E-state index in [1.54, 1.807) is 0 Å². The average Bonchev–Trinajstić information content (AvgIpc) is 2.71. The molecule has 112 valence electrons. The van der Waals surface area contributed by atoms with Gasteiger partial charge in [0.25, 0.3) is 0 Å². The molecule has 2 heteroatoms. The summed E-state index contributed by atoms with van der Waals surface area (Å²) in [5.41, 5.74) is -0.737. The number of rotatable bonds is 4. The Hall–Kier alpha value is -0.530. The van der Waals surface area contributed by atoms with Gasteiger partial charge in [-0.05, 0) is 50.9 Å². The van der Waals surface area contributed by atoms with Crippen LogP contribution in [0.3, 0.4) is 0 Å². The van der Waals surface area contributed by atoms with Gasteiger partial charge in [-0.15, -0.1) is 0 Å². The summed E-state index contributed by atoms with van der Waals surface area (Å²) in [4.78, 5) is 12.9. The number of carbonyl (C=O) groups excluding carboxylic acids is 1. The quantitative estimate of drug-likeness (QED) is 0.673. The van der Waals surface area contributed by atoms with Gasteiger partial charge in [0.1, 0.15) is 5.60 Å². The summed E-state index contributed by atoms with van der Waals surface area (Å²) in [6.07, 6.45) is 5.39. The van der Waals surface area contributed by atoms with Gasteiger partial charge >= 0.3 is 5.97 Å². The second-order valence-electron chi connectivity index (χ2n) is 7.81. The molecule has 0 heterocycles. The van der Waals surface area contributed by atoms with Crippen LogP contribution < -0.4 is 0 Å². The van der Waals surface area contributed by atoms with Crippen molar-refractivity contribution in [3.05, 3.63) is 0 Å². The van der Waals surface area contributed by atoms with Gasteiger partial charge in [-0.2, -0.15) is 0 Å². The number of ether oxygens (including phenoxy) is 1. The maximum absolute atomic E-state index is 12.9. The lowest BCUT2D eigenvalue weighted by molar-refractivity contribution is -0.181. The Morgan fingerprint density at radius 3 is 2.05 bits per heavy atom. The minimum Gasteiger partial charge on any atom is -0.459 e. The van der Waals surface area contributed by atoms with Gasteiger partial charge in [-0.3, -0.25) is 4.79 Å². The fourth-order valence-corrected chi connectivity index (χ4v) is 3.21. The van der Waals surface area contributed by atoms with Crippen LogP contribution in [0.4, 0.5) is 0 Å². The first-order valence-corrected chi connectivity index (χ1v) is 7.80. The highest BCUT2D eigenvalue weighted by molar-refractivity contribution is 5.78. The number of carbonyl (C=O) groups is 1. The molecule has 2 nitrogen and oxygen atoms in total. The first-order chi connectivity index (χ1) is 8.57. The normalized spacial score (nSPS) is 23.7. The zero-order valence-corrected chi connectivity index (χ0v) is 13.9. The fourth-order valence-electron chi connectivity index (χ4n) is 3.21. The first-order valence-electron chi connectivity index (χ1n) is 7.80. The third-order valence-electron chi connectivity index (χ3n) is 5.58. The Balaban J connectivity index is 2.96. The van der Waals surface area contributed by atoms with Gasteiger partial charge in [0.2, 0.25) is 0 Å². The number of esters is 1. The molecule has 1 rings (SSSR count). The minimum atomic E-state index is -0.423. The summed E-state index contributed by atoms with van der Waals surface area (Å²) in [6.45, 7) is 15.0. The lowest BCUT2D eigenvalue weighted by Gasteiger charge is -2.45. The topological polar surface area (TPSA) is 26.3 Å². The number of hydrogen-bond donors (Lipinski definition) is 0. The second-order valence-corrected chi connectivity index (χ2v) is 7.81. The summed E-state index contributed by atoms with van der Waals surface area (Å²) in [5.74, 6) is 0.323. The summed E-state index contributed by atoms with van der Waals surface area (Å²) in [5, 5.41) is 0. The zero-order valence-electron chi connectivity index (χ0n) is 13.9. The average molecular weight is 268 g/mol. The molecule has 19 heavy (non-hydrogen) atoms. The molecule has 0 aromatic rings. The van der Waals surface area contributed by atoms with E-state index >= 15 is 0 Å². The SMILES string of the molecule is CCC(C)C(C)(C(=O)OC1(C)CCCC1)C(C)(C)C. The minimum absolute atomic E-state index is 0.00116. The molecule has 1 aliphatic carbocycles. The highest BCUT2D eigenvalue weighted by Gasteiger charge is 2.50. The Labute approximate surface area is 119 Å². The Bertz CT molecular complexity index is 321. The van der Waals surface area contributed by atoms with Gasteiger partial charge in [-0.1, -0.05) is 41.0 Å². The molecule has 1 aliphatic rings. The van der Waals surface area contributed by atoms with Crippen molar-refractivity contribution in [2.45, 2.75) is 86.2 Å². The summed E-state index contributed by atoms with van der Waals surface area (Å²) in [6, 6.07) is 0. The third-order valence-corrected chi connectivity index (χ3v) is 5.58. The molecule has 2 atom stereocenters. The van der Waals surface area contributed by atoms with Crippen molar-refractivity contribution in [2.75, 3.05) is 0 Å². The van der Waals surface area contributed by atoms with Crippen LogP contribution in [0.15, 0.2) is 0 Å². The standard InChI is InChI=1S/C17H32O2/c1-8-13(2)17(7,15(3,4)5)14(18)19-16(6)11-9-10-12-16/h13H,8-12H2,1-7H3. The highest BCUT2D eigenvalue weighted by atomic mass is 16.6. The van der Waals surface area contributed by atoms with E-state index in [0.717, 1.165) is 19.3 Å². The smallest absolute Gasteiger partial charge is 0.313 e. The summed E-state index contributed by atoms with van der Waals surface area (Å²) >= 11 is 0. The van der Waals surface area contributed by atoms with E-state index in [4.69, 9.17) is 4.74 Å². The van der Waals surface area contributed by atoms with Gasteiger partial charge in [0.15, 0.2) is 0 Å². The first kappa shape index (κ1) is 16.5. The lowest BCUT2D eigenvalue weighted by atomic mass is 9.60. The van der Waals surface area contributed by atoms with Crippen molar-refractivity contribution < 1.29 is 9.53 Å². The molecule has 0 saturated heterocycles. The van der Waals surface area contributed by atoms with Crippen LogP contribution in [0.1, 0.15) is 80.6 Å². The molecule has 0 amide bonds. The Morgan fingerprint density at radius 2 is 1.68 bits per heavy atom. The van der Waals surface area contributed by atoms with E-state index < -0.39 is 5.41 Å². The van der Waals surface area contributed by atoms with Crippen LogP contribution in [0.5, 0.6) is 0 Å². The van der Waals surface area contributed by atoms with Gasteiger partial charge in [0, 0.05) is 0 Å². The zero-order chi connectivity index (χ0) is 14.9. The Morgan fingerprint density at radius 1 is 1.21 bits per heavy atom. The van der Waals surface area contributed by atoms with Crippen molar-refractivity contribution in [3.63, 3.8) is 0 Å². The van der Waals surface area contributed by atoms with Crippen molar-refractivity contribution in [2.24, 2.45) is 16.7 Å². The molecule has 2 unspecified atom stereocenters. The molecule has 0 aromatic heterocycles. The molecule has 0 radical (unpaired) electrons. The third kappa shape index (κ3) is 3.14. The molecule has 1 saturated carbocycles. The molecule has 0 spiro atoms. The molecule has 0 aliphatic heterocycles. The van der Waals surface area contributed by atoms with Crippen LogP contribution in [0, 0.1) is 16.7 Å². The van der Waals surface area contributed by atoms with E-state index in [-0.39, 0.29) is 17.0 Å². The Kier molecular flexibility index (Phi) is 4.75. The molecule has 0 N–H and O–H groups in total. The van der Waals surface area contributed by atoms with Crippen LogP contribution in [0.2, 0.25) is 0 Å². The van der Waals surface area contributed by atoms with Crippen LogP contribution in [0.25, 0.3) is 0 Å². The van der Waals surface area contributed by atoms with Crippen molar-refractivity contribution >= 4 is 5.97 Å². The van der Waals surface area contributed by atoms with E-state index in [2.05, 4.69) is 48.5 Å². The van der Waals surface area contributed by atoms with E-state index in [9.17, 15) is 4.79 Å². The molecule has 0 aromatic carbocycles. The predicted molar refractivity (Wildman–Crippen MR) is 80.0 cm³/mol. The van der Waals surface area contributed by atoms with Gasteiger partial charge in [0.05, 0.1) is 5.41 Å². The molecule has 0 bridgehead atoms. The van der Waals surface area contributed by atoms with E-state index in [0.29, 0.717) is 5.92 Å². The number of hydrogen-bond acceptors (Lipinski definition) is 2. The van der Waals surface area contributed by atoms with Crippen molar-refractivity contribution in [1.82, 2.24) is 0 Å². The second kappa shape index (κ2) is 5.46. The van der Waals surface area contributed by atoms with Gasteiger partial charge < -0.3 is 4.74 Å². The lowest BCUT2D eigenvalue weighted by Crippen LogP contribution is -2.48. The summed E-state index contributed by atoms with van der Waals surface area (Å²) < 4.78 is 5.97. The van der Waals surface area contributed by atoms with Gasteiger partial charge in [-0.25, -0.2) is 0 Å². The van der Waals surface area contributed by atoms with E-state index in [1.165, 1.54) is 12.8 Å². The van der Waals surface area contributed by atoms with Crippen molar-refractivity contribution in [1.29, 1.82) is 0 Å². The molecular formula is C17H32O2. The summed E-state index contributed by atoms with van der Waals surface area (Å²) in [7, 11) is 0. The maximum atomic E-state index is 12.9. The maximum Gasteiger partial charge on any atom is 0.313 e. The molecule has 1 fully saturated rings. The van der Waals surface area contributed by atoms with Crippen LogP contribution >= 0.6 is 0 Å². The van der Waals surface area contributed by atoms with Crippen LogP contribution in [-0.4, -0.2) is 11.6 Å². The van der Waals surface area contributed by atoms with Crippen molar-refractivity contribution in [3.8, 4) is 0 Å². The molecular weight excluding hydrogens is 236 g/mol. The van der Waals surface area contributed by atoms with Crippen LogP contribution in [-0.2, 0) is 9.53 Å². The fraction of sp³-hybridized carbons (Fsp3) is 0.941. The highest BCUT2D eigenvalue weighted by Crippen LogP contribution is 2.48.